The molecular weight excluding hydrogens is 372 g/mol. The Hall–Kier alpha value is -4.20. The molecule has 2 aromatic heterocycles. The Balaban J connectivity index is 1.48. The number of benzene rings is 2. The fourth-order valence-corrected chi connectivity index (χ4v) is 3.00. The van der Waals surface area contributed by atoms with Gasteiger partial charge in [-0.25, -0.2) is 18.7 Å². The molecule has 2 N–H and O–H groups in total. The van der Waals surface area contributed by atoms with Gasteiger partial charge < -0.3 is 10.2 Å². The SMILES string of the molecule is O=C(O)c1ccc(-n2cc[n+](C[n+]3ccn(-c4ccc(C(=O)O)cc4)c3)c2)cc1. The molecule has 0 spiro atoms. The Labute approximate surface area is 165 Å². The molecule has 8 nitrogen and oxygen atoms in total. The van der Waals surface area contributed by atoms with Crippen LogP contribution in [-0.4, -0.2) is 31.3 Å². The monoisotopic (exact) mass is 390 g/mol. The van der Waals surface area contributed by atoms with Crippen LogP contribution in [0.3, 0.4) is 0 Å². The van der Waals surface area contributed by atoms with E-state index >= 15 is 0 Å². The number of aromatic carboxylic acids is 2. The van der Waals surface area contributed by atoms with Crippen LogP contribution in [0.2, 0.25) is 0 Å². The highest BCUT2D eigenvalue weighted by molar-refractivity contribution is 5.88. The third-order valence-electron chi connectivity index (χ3n) is 4.53. The lowest BCUT2D eigenvalue weighted by Crippen LogP contribution is -2.49. The fourth-order valence-electron chi connectivity index (χ4n) is 3.00. The molecule has 0 aliphatic rings. The quantitative estimate of drug-likeness (QED) is 0.491. The van der Waals surface area contributed by atoms with E-state index in [0.717, 1.165) is 11.4 Å². The summed E-state index contributed by atoms with van der Waals surface area (Å²) >= 11 is 0. The van der Waals surface area contributed by atoms with E-state index in [-0.39, 0.29) is 11.1 Å². The molecule has 0 amide bonds. The maximum atomic E-state index is 11.0. The van der Waals surface area contributed by atoms with Gasteiger partial charge in [0.2, 0.25) is 6.67 Å². The highest BCUT2D eigenvalue weighted by Crippen LogP contribution is 2.10. The van der Waals surface area contributed by atoms with Gasteiger partial charge >= 0.3 is 11.9 Å². The summed E-state index contributed by atoms with van der Waals surface area (Å²) in [6.07, 6.45) is 11.5. The first-order valence-electron chi connectivity index (χ1n) is 8.81. The van der Waals surface area contributed by atoms with Crippen LogP contribution in [0.25, 0.3) is 11.4 Å². The Kier molecular flexibility index (Phi) is 4.66. The predicted octanol–water partition coefficient (Wildman–Crippen LogP) is 1.75. The smallest absolute Gasteiger partial charge is 0.335 e. The van der Waals surface area contributed by atoms with Crippen molar-refractivity contribution >= 4 is 11.9 Å². The number of carbonyl (C=O) groups is 2. The first-order valence-corrected chi connectivity index (χ1v) is 8.81. The molecule has 0 saturated heterocycles. The maximum absolute atomic E-state index is 11.0. The molecule has 0 bridgehead atoms. The number of hydrogen-bond acceptors (Lipinski definition) is 2. The zero-order valence-electron chi connectivity index (χ0n) is 15.3. The molecule has 0 fully saturated rings. The van der Waals surface area contributed by atoms with E-state index in [1.54, 1.807) is 48.5 Å². The Morgan fingerprint density at radius 2 is 1.07 bits per heavy atom. The van der Waals surface area contributed by atoms with Gasteiger partial charge in [-0.1, -0.05) is 0 Å². The number of carboxylic acids is 2. The molecule has 2 aromatic carbocycles. The lowest BCUT2D eigenvalue weighted by molar-refractivity contribution is -0.912. The molecule has 4 aromatic rings. The molecule has 0 aliphatic heterocycles. The van der Waals surface area contributed by atoms with Gasteiger partial charge in [0.15, 0.2) is 0 Å². The van der Waals surface area contributed by atoms with E-state index in [9.17, 15) is 9.59 Å². The normalized spacial score (nSPS) is 10.8. The van der Waals surface area contributed by atoms with Crippen molar-refractivity contribution in [1.82, 2.24) is 9.13 Å². The molecule has 144 valence electrons. The molecule has 4 rings (SSSR count). The highest BCUT2D eigenvalue weighted by Gasteiger charge is 2.13. The number of rotatable bonds is 6. The van der Waals surface area contributed by atoms with Crippen LogP contribution in [0.5, 0.6) is 0 Å². The van der Waals surface area contributed by atoms with Crippen LogP contribution < -0.4 is 9.13 Å². The fraction of sp³-hybridized carbons (Fsp3) is 0.0476. The van der Waals surface area contributed by atoms with Gasteiger partial charge in [-0.15, -0.1) is 0 Å². The van der Waals surface area contributed by atoms with E-state index < -0.39 is 11.9 Å². The van der Waals surface area contributed by atoms with Crippen molar-refractivity contribution in [3.8, 4) is 11.4 Å². The largest absolute Gasteiger partial charge is 0.478 e. The average molecular weight is 390 g/mol. The van der Waals surface area contributed by atoms with Crippen LogP contribution in [0, 0.1) is 0 Å². The first-order chi connectivity index (χ1) is 14.0. The van der Waals surface area contributed by atoms with Crippen molar-refractivity contribution in [2.24, 2.45) is 0 Å². The second-order valence-corrected chi connectivity index (χ2v) is 6.52. The second kappa shape index (κ2) is 7.43. The van der Waals surface area contributed by atoms with Gasteiger partial charge in [0.05, 0.1) is 11.1 Å². The van der Waals surface area contributed by atoms with Gasteiger partial charge in [-0.2, -0.15) is 9.13 Å². The van der Waals surface area contributed by atoms with Crippen LogP contribution in [0.4, 0.5) is 0 Å². The molecular formula is C21H18N4O4+2. The van der Waals surface area contributed by atoms with E-state index in [1.165, 1.54) is 0 Å². The van der Waals surface area contributed by atoms with Crippen molar-refractivity contribution in [1.29, 1.82) is 0 Å². The predicted molar refractivity (Wildman–Crippen MR) is 101 cm³/mol. The van der Waals surface area contributed by atoms with Crippen molar-refractivity contribution in [2.75, 3.05) is 0 Å². The molecule has 0 unspecified atom stereocenters. The molecule has 2 heterocycles. The number of imidazole rings is 2. The summed E-state index contributed by atoms with van der Waals surface area (Å²) in [5.41, 5.74) is 2.24. The summed E-state index contributed by atoms with van der Waals surface area (Å²) in [5, 5.41) is 18.0. The van der Waals surface area contributed by atoms with Gasteiger partial charge in [-0.3, -0.25) is 0 Å². The van der Waals surface area contributed by atoms with E-state index in [0.29, 0.717) is 6.67 Å². The molecule has 29 heavy (non-hydrogen) atoms. The minimum Gasteiger partial charge on any atom is -0.478 e. The van der Waals surface area contributed by atoms with Gasteiger partial charge in [0.25, 0.3) is 12.7 Å². The summed E-state index contributed by atoms with van der Waals surface area (Å²) in [6, 6.07) is 13.4. The van der Waals surface area contributed by atoms with Crippen molar-refractivity contribution in [3.05, 3.63) is 97.1 Å². The summed E-state index contributed by atoms with van der Waals surface area (Å²) in [6.45, 7) is 0.584. The topological polar surface area (TPSA) is 92.2 Å². The lowest BCUT2D eigenvalue weighted by Gasteiger charge is -1.97. The Bertz CT molecular complexity index is 1080. The van der Waals surface area contributed by atoms with Crippen LogP contribution >= 0.6 is 0 Å². The lowest BCUT2D eigenvalue weighted by atomic mass is 10.2. The first kappa shape index (κ1) is 18.2. The standard InChI is InChI=1S/C21H16N4O4/c26-20(27)16-1-5-18(6-2-16)24-11-9-22(14-24)13-23-10-12-25(15-23)19-7-3-17(4-8-19)21(28)29/h1-12,14-15H,13H2/p+2. The van der Waals surface area contributed by atoms with Crippen molar-refractivity contribution in [3.63, 3.8) is 0 Å². The van der Waals surface area contributed by atoms with E-state index in [1.807, 2.05) is 55.7 Å². The van der Waals surface area contributed by atoms with Gasteiger partial charge in [0.1, 0.15) is 36.2 Å². The molecule has 0 radical (unpaired) electrons. The Morgan fingerprint density at radius 3 is 1.41 bits per heavy atom. The summed E-state index contributed by atoms with van der Waals surface area (Å²) in [7, 11) is 0. The average Bonchev–Trinajstić information content (AvgIpc) is 3.38. The summed E-state index contributed by atoms with van der Waals surface area (Å²) < 4.78 is 7.80. The second-order valence-electron chi connectivity index (χ2n) is 6.52. The third kappa shape index (κ3) is 3.91. The zero-order chi connectivity index (χ0) is 20.4. The highest BCUT2D eigenvalue weighted by atomic mass is 16.4. The Morgan fingerprint density at radius 1 is 0.690 bits per heavy atom. The zero-order valence-corrected chi connectivity index (χ0v) is 15.3. The van der Waals surface area contributed by atoms with Crippen LogP contribution in [0.15, 0.2) is 86.0 Å². The number of hydrogen-bond donors (Lipinski definition) is 2. The maximum Gasteiger partial charge on any atom is 0.335 e. The molecule has 0 atom stereocenters. The number of carboxylic acid groups (broad SMARTS) is 2. The van der Waals surface area contributed by atoms with E-state index in [2.05, 4.69) is 0 Å². The minimum atomic E-state index is -0.947. The third-order valence-corrected chi connectivity index (χ3v) is 4.53. The van der Waals surface area contributed by atoms with E-state index in [4.69, 9.17) is 10.2 Å². The van der Waals surface area contributed by atoms with Crippen molar-refractivity contribution in [2.45, 2.75) is 6.67 Å². The summed E-state index contributed by atoms with van der Waals surface area (Å²) in [4.78, 5) is 21.9. The minimum absolute atomic E-state index is 0.252. The molecule has 0 aliphatic carbocycles. The van der Waals surface area contributed by atoms with Gasteiger partial charge in [0, 0.05) is 0 Å². The van der Waals surface area contributed by atoms with Crippen molar-refractivity contribution < 1.29 is 28.9 Å². The molecule has 8 heteroatoms. The number of aromatic nitrogens is 4. The number of nitrogens with zero attached hydrogens (tertiary/aromatic N) is 4. The van der Waals surface area contributed by atoms with Crippen LogP contribution in [0.1, 0.15) is 20.7 Å². The summed E-state index contributed by atoms with van der Waals surface area (Å²) in [5.74, 6) is -1.89. The molecule has 0 saturated carbocycles. The van der Waals surface area contributed by atoms with Crippen LogP contribution in [-0.2, 0) is 6.67 Å². The van der Waals surface area contributed by atoms with Gasteiger partial charge in [-0.05, 0) is 48.5 Å².